The topological polar surface area (TPSA) is 62.4 Å². The number of halogens is 1. The van der Waals surface area contributed by atoms with Gasteiger partial charge in [0.15, 0.2) is 6.08 Å². The number of Topliss-reactive ketones (excluding diaryl/α,β-unsaturated/α-hetero) is 2. The van der Waals surface area contributed by atoms with Crippen LogP contribution in [0.1, 0.15) is 70.7 Å². The number of ketones is 2. The van der Waals surface area contributed by atoms with Crippen LogP contribution < -0.4 is 15.9 Å². The van der Waals surface area contributed by atoms with Gasteiger partial charge in [-0.05, 0) is 108 Å². The van der Waals surface area contributed by atoms with Crippen molar-refractivity contribution in [3.63, 3.8) is 0 Å². The van der Waals surface area contributed by atoms with Gasteiger partial charge in [-0.3, -0.25) is 28.0 Å². The Labute approximate surface area is 491 Å². The molecule has 0 bridgehead atoms. The molecule has 9 rings (SSSR count). The monoisotopic (exact) mass is 1190 g/mol. The second-order valence-electron chi connectivity index (χ2n) is 21.3. The minimum absolute atomic E-state index is 0.144. The fourth-order valence-corrected chi connectivity index (χ4v) is 12.2. The average molecular weight is 1190 g/mol. The van der Waals surface area contributed by atoms with Crippen LogP contribution in [0.2, 0.25) is 0 Å². The van der Waals surface area contributed by atoms with Gasteiger partial charge >= 0.3 is 27.0 Å². The number of benzene rings is 6. The van der Waals surface area contributed by atoms with Crippen LogP contribution in [0.5, 0.6) is 0 Å². The first kappa shape index (κ1) is 64.7. The predicted molar refractivity (Wildman–Crippen MR) is 331 cm³/mol. The van der Waals surface area contributed by atoms with Gasteiger partial charge in [0.1, 0.15) is 30.2 Å². The number of rotatable bonds is 18. The Morgan fingerprint density at radius 2 is 0.987 bits per heavy atom. The van der Waals surface area contributed by atoms with E-state index in [-0.39, 0.29) is 23.0 Å². The Morgan fingerprint density at radius 1 is 0.620 bits per heavy atom. The van der Waals surface area contributed by atoms with Gasteiger partial charge in [-0.2, -0.15) is 4.67 Å². The molecular weight excluding hydrogens is 1100 g/mol. The zero-order valence-corrected chi connectivity index (χ0v) is 51.0. The first-order chi connectivity index (χ1) is 38.1. The molecule has 79 heavy (non-hydrogen) atoms. The fourth-order valence-electron chi connectivity index (χ4n) is 9.31. The van der Waals surface area contributed by atoms with Gasteiger partial charge in [-0.1, -0.05) is 176 Å². The zero-order chi connectivity index (χ0) is 57.0. The number of hydrogen-bond donors (Lipinski definition) is 1. The number of carbonyl (C=O) groups excluding carboxylic acids is 2. The van der Waals surface area contributed by atoms with E-state index in [1.807, 2.05) is 75.3 Å². The van der Waals surface area contributed by atoms with E-state index in [9.17, 15) is 9.59 Å². The van der Waals surface area contributed by atoms with Gasteiger partial charge in [0, 0.05) is 83.0 Å². The molecule has 1 N–H and O–H groups in total. The molecule has 0 aromatic heterocycles. The largest absolute Gasteiger partial charge is 0.309 e. The van der Waals surface area contributed by atoms with Crippen LogP contribution in [0, 0.1) is 30.9 Å². The summed E-state index contributed by atoms with van der Waals surface area (Å²) in [6, 6.07) is 64.4. The van der Waals surface area contributed by atoms with Crippen molar-refractivity contribution >= 4 is 39.9 Å². The Hall–Kier alpha value is -5.11. The molecule has 0 radical (unpaired) electrons. The van der Waals surface area contributed by atoms with E-state index in [0.717, 1.165) is 65.4 Å². The molecule has 0 amide bonds. The van der Waals surface area contributed by atoms with Crippen molar-refractivity contribution in [3.05, 3.63) is 255 Å². The third-order valence-electron chi connectivity index (χ3n) is 14.8. The van der Waals surface area contributed by atoms with Crippen molar-refractivity contribution in [2.45, 2.75) is 93.0 Å². The zero-order valence-electron chi connectivity index (χ0n) is 47.6. The maximum Gasteiger partial charge on any atom is 0.0208 e. The molecule has 418 valence electrons. The van der Waals surface area contributed by atoms with Crippen LogP contribution in [0.4, 0.5) is 0 Å². The van der Waals surface area contributed by atoms with Crippen molar-refractivity contribution in [1.82, 2.24) is 29.6 Å². The van der Waals surface area contributed by atoms with Gasteiger partial charge < -0.3 is 20.0 Å². The number of allylic oxidation sites excluding steroid dienone is 4. The molecule has 6 aromatic carbocycles. The van der Waals surface area contributed by atoms with Crippen LogP contribution in [0.15, 0.2) is 212 Å². The van der Waals surface area contributed by atoms with Gasteiger partial charge in [0.05, 0.1) is 11.5 Å². The molecule has 3 aliphatic rings. The third-order valence-corrected chi connectivity index (χ3v) is 17.6. The van der Waals surface area contributed by atoms with E-state index in [1.165, 1.54) is 38.9 Å². The SMILES string of the molecule is CC(=O)C(C)(C)/C=C/C(C)N(Cc1ccccc1)Cc1ccccc1.[CH+]=C/C=C/C(C)(C)C(C)=O.[CH2-]N1CCN2CCN3CCN([PH+](c4ccccc4)c4ccccc4)C3[CH-]C12.[Cl][Rh+2].c1ccc(CNCc2ccccc2)cc1. The van der Waals surface area contributed by atoms with E-state index < -0.39 is 13.5 Å². The normalized spacial score (nSPS) is 17.2. The minimum Gasteiger partial charge on any atom is -0.309 e. The molecule has 3 saturated heterocycles. The minimum atomic E-state index is -1.00. The first-order valence-corrected chi connectivity index (χ1v) is 31.0. The van der Waals surface area contributed by atoms with Crippen molar-refractivity contribution in [1.29, 1.82) is 0 Å². The van der Waals surface area contributed by atoms with E-state index in [0.29, 0.717) is 12.3 Å². The molecule has 0 spiro atoms. The first-order valence-electron chi connectivity index (χ1n) is 27.5. The van der Waals surface area contributed by atoms with E-state index in [4.69, 9.17) is 6.58 Å². The van der Waals surface area contributed by atoms with Gasteiger partial charge in [-0.15, -0.1) is 0 Å². The van der Waals surface area contributed by atoms with E-state index in [2.05, 4.69) is 223 Å². The molecule has 3 aliphatic heterocycles. The third kappa shape index (κ3) is 21.4. The van der Waals surface area contributed by atoms with Crippen molar-refractivity contribution in [3.8, 4) is 0 Å². The number of carbonyl (C=O) groups is 2. The number of nitrogens with one attached hydrogen (secondary N) is 1. The number of fused-ring (bicyclic) bond motifs is 2. The summed E-state index contributed by atoms with van der Waals surface area (Å²) in [6.07, 6.45) is 12.4. The molecular formula is C68H85ClN6O2PRh+2. The van der Waals surface area contributed by atoms with Crippen LogP contribution in [0.25, 0.3) is 0 Å². The van der Waals surface area contributed by atoms with Gasteiger partial charge in [-0.25, -0.2) is 0 Å². The standard InChI is InChI=1S/C23H29NO.C22H27N4P.C14H15N.C9H13O.ClH.Rh/c1-19(15-16-23(3,4)20(2)25)24(17-21-11-7-5-8-12-21)18-22-13-9-6-10-14-22;1-23-12-13-24-14-15-25-16-17-26(22(25)18-21(23)24)27(19-8-4-2-5-9-19)20-10-6-3-7-11-20;1-3-7-13(8-4-1)11-15-12-14-9-5-2-6-10-14;1-5-6-7-9(3,4)8(2)10;;/h5-16,19H,17-18H2,1-4H3;2-11,18,21-22H,1,12-17H2;1-10,15H,11-12H2;1,5-7H,2-4H3;1H;/q;-2;;+1;;+3/b16-15+;;;7-6+;;. The van der Waals surface area contributed by atoms with Crippen molar-refractivity contribution in [2.24, 2.45) is 10.8 Å². The summed E-state index contributed by atoms with van der Waals surface area (Å²) >= 11 is 2.02. The van der Waals surface area contributed by atoms with Crippen LogP contribution in [-0.4, -0.2) is 93.5 Å². The van der Waals surface area contributed by atoms with Crippen LogP contribution in [-0.2, 0) is 53.1 Å². The van der Waals surface area contributed by atoms with Crippen LogP contribution >= 0.6 is 17.8 Å². The molecule has 3 heterocycles. The van der Waals surface area contributed by atoms with Crippen LogP contribution in [0.3, 0.4) is 0 Å². The predicted octanol–water partition coefficient (Wildman–Crippen LogP) is 12.7. The summed E-state index contributed by atoms with van der Waals surface area (Å²) < 4.78 is 2.78. The molecule has 0 saturated carbocycles. The molecule has 0 aliphatic carbocycles. The summed E-state index contributed by atoms with van der Waals surface area (Å²) in [5.74, 6) is 0.333. The smallest absolute Gasteiger partial charge is 0.0208 e. The van der Waals surface area contributed by atoms with Crippen molar-refractivity contribution in [2.75, 3.05) is 39.3 Å². The quantitative estimate of drug-likeness (QED) is 0.0300. The van der Waals surface area contributed by atoms with E-state index in [1.54, 1.807) is 26.0 Å². The molecule has 6 aromatic rings. The summed E-state index contributed by atoms with van der Waals surface area (Å²) in [5.41, 5.74) is 4.45. The maximum atomic E-state index is 11.8. The second kappa shape index (κ2) is 34.2. The Balaban J connectivity index is 0.000000203. The average Bonchev–Trinajstić information content (AvgIpc) is 4.04. The van der Waals surface area contributed by atoms with Crippen molar-refractivity contribution < 1.29 is 26.9 Å². The number of nitrogens with zero attached hydrogens (tertiary/aromatic N) is 5. The molecule has 3 unspecified atom stereocenters. The molecule has 3 atom stereocenters. The fraction of sp³-hybridized carbons (Fsp3) is 0.324. The Bertz CT molecular complexity index is 2600. The summed E-state index contributed by atoms with van der Waals surface area (Å²) in [6.45, 7) is 28.6. The maximum absolute atomic E-state index is 11.8. The van der Waals surface area contributed by atoms with Gasteiger partial charge in [0.2, 0.25) is 0 Å². The molecule has 8 nitrogen and oxygen atoms in total. The molecule has 11 heteroatoms. The Morgan fingerprint density at radius 3 is 1.41 bits per heavy atom. The Kier molecular flexibility index (Phi) is 28.0. The molecule has 3 fully saturated rings. The summed E-state index contributed by atoms with van der Waals surface area (Å²) in [7, 11) is 7.82. The summed E-state index contributed by atoms with van der Waals surface area (Å²) in [4.78, 5) is 32.6. The van der Waals surface area contributed by atoms with E-state index >= 15 is 0 Å². The second-order valence-corrected chi connectivity index (χ2v) is 23.8. The summed E-state index contributed by atoms with van der Waals surface area (Å²) in [5, 5.41) is 6.37. The number of hydrogen-bond acceptors (Lipinski definition) is 8. The van der Waals surface area contributed by atoms with Gasteiger partial charge in [0.25, 0.3) is 0 Å².